The first kappa shape index (κ1) is 17.0. The van der Waals surface area contributed by atoms with E-state index >= 15 is 0 Å². The highest BCUT2D eigenvalue weighted by Gasteiger charge is 2.23. The number of amides is 1. The van der Waals surface area contributed by atoms with Crippen molar-refractivity contribution < 1.29 is 14.3 Å². The van der Waals surface area contributed by atoms with Crippen LogP contribution in [0.4, 0.5) is 5.95 Å². The minimum atomic E-state index is -0.0312. The Morgan fingerprint density at radius 3 is 2.52 bits per heavy atom. The van der Waals surface area contributed by atoms with Crippen molar-refractivity contribution in [3.63, 3.8) is 0 Å². The third kappa shape index (κ3) is 4.17. The van der Waals surface area contributed by atoms with Gasteiger partial charge in [0.25, 0.3) is 5.91 Å². The van der Waals surface area contributed by atoms with Crippen LogP contribution in [0.5, 0.6) is 11.5 Å². The molecule has 0 unspecified atom stereocenters. The fourth-order valence-electron chi connectivity index (χ4n) is 2.74. The lowest BCUT2D eigenvalue weighted by Crippen LogP contribution is -2.50. The van der Waals surface area contributed by atoms with Crippen molar-refractivity contribution in [1.82, 2.24) is 14.9 Å². The molecule has 1 fully saturated rings. The van der Waals surface area contributed by atoms with Gasteiger partial charge in [0.15, 0.2) is 18.1 Å². The summed E-state index contributed by atoms with van der Waals surface area (Å²) in [6.45, 7) is 4.67. The molecule has 2 heterocycles. The second kappa shape index (κ2) is 7.83. The minimum Gasteiger partial charge on any atom is -0.493 e. The first-order chi connectivity index (χ1) is 12.2. The van der Waals surface area contributed by atoms with E-state index < -0.39 is 0 Å². The second-order valence-electron chi connectivity index (χ2n) is 5.86. The summed E-state index contributed by atoms with van der Waals surface area (Å²) in [5, 5.41) is 0. The molecule has 25 heavy (non-hydrogen) atoms. The molecule has 3 rings (SSSR count). The molecule has 0 spiro atoms. The van der Waals surface area contributed by atoms with Crippen molar-refractivity contribution in [2.24, 2.45) is 0 Å². The standard InChI is InChI=1S/C18H22N4O3/c1-14-4-5-15(16(12-14)24-2)25-13-17(23)21-8-10-22(11-9-21)18-19-6-3-7-20-18/h3-7,12H,8-11,13H2,1-2H3. The quantitative estimate of drug-likeness (QED) is 0.821. The van der Waals surface area contributed by atoms with Crippen LogP contribution in [0.25, 0.3) is 0 Å². The first-order valence-corrected chi connectivity index (χ1v) is 8.24. The molecular formula is C18H22N4O3. The molecule has 0 N–H and O–H groups in total. The van der Waals surface area contributed by atoms with Gasteiger partial charge in [-0.1, -0.05) is 6.07 Å². The van der Waals surface area contributed by atoms with E-state index in [4.69, 9.17) is 9.47 Å². The minimum absolute atomic E-state index is 0.00125. The molecule has 7 nitrogen and oxygen atoms in total. The normalized spacial score (nSPS) is 14.3. The molecule has 1 aliphatic heterocycles. The number of benzene rings is 1. The maximum Gasteiger partial charge on any atom is 0.260 e. The van der Waals surface area contributed by atoms with Crippen molar-refractivity contribution in [3.8, 4) is 11.5 Å². The van der Waals surface area contributed by atoms with Crippen LogP contribution in [0.2, 0.25) is 0 Å². The lowest BCUT2D eigenvalue weighted by Gasteiger charge is -2.34. The van der Waals surface area contributed by atoms with Crippen LogP contribution < -0.4 is 14.4 Å². The van der Waals surface area contributed by atoms with Crippen molar-refractivity contribution in [2.75, 3.05) is 44.8 Å². The summed E-state index contributed by atoms with van der Waals surface area (Å²) in [5.74, 6) is 1.89. The van der Waals surface area contributed by atoms with E-state index in [0.29, 0.717) is 43.6 Å². The van der Waals surface area contributed by atoms with Crippen LogP contribution in [-0.2, 0) is 4.79 Å². The van der Waals surface area contributed by atoms with E-state index in [2.05, 4.69) is 14.9 Å². The van der Waals surface area contributed by atoms with E-state index in [1.807, 2.05) is 25.1 Å². The fraction of sp³-hybridized carbons (Fsp3) is 0.389. The summed E-state index contributed by atoms with van der Waals surface area (Å²) in [6, 6.07) is 7.44. The Labute approximate surface area is 147 Å². The van der Waals surface area contributed by atoms with Crippen LogP contribution in [0.15, 0.2) is 36.7 Å². The number of rotatable bonds is 5. The summed E-state index contributed by atoms with van der Waals surface area (Å²) in [6.07, 6.45) is 3.45. The SMILES string of the molecule is COc1cc(C)ccc1OCC(=O)N1CCN(c2ncccn2)CC1. The Bertz CT molecular complexity index is 716. The van der Waals surface area contributed by atoms with E-state index in [1.165, 1.54) is 0 Å². The number of carbonyl (C=O) groups is 1. The highest BCUT2D eigenvalue weighted by atomic mass is 16.5. The largest absolute Gasteiger partial charge is 0.493 e. The molecular weight excluding hydrogens is 320 g/mol. The van der Waals surface area contributed by atoms with Crippen molar-refractivity contribution in [1.29, 1.82) is 0 Å². The zero-order valence-electron chi connectivity index (χ0n) is 14.5. The number of piperazine rings is 1. The van der Waals surface area contributed by atoms with Gasteiger partial charge in [-0.05, 0) is 30.7 Å². The Morgan fingerprint density at radius 2 is 1.84 bits per heavy atom. The maximum absolute atomic E-state index is 12.4. The molecule has 0 saturated carbocycles. The molecule has 0 bridgehead atoms. The average Bonchev–Trinajstić information content (AvgIpc) is 2.67. The lowest BCUT2D eigenvalue weighted by atomic mass is 10.2. The molecule has 0 atom stereocenters. The molecule has 1 amide bonds. The highest BCUT2D eigenvalue weighted by Crippen LogP contribution is 2.27. The number of hydrogen-bond acceptors (Lipinski definition) is 6. The van der Waals surface area contributed by atoms with Crippen LogP contribution in [0.3, 0.4) is 0 Å². The predicted octanol–water partition coefficient (Wildman–Crippen LogP) is 1.52. The number of aromatic nitrogens is 2. The Kier molecular flexibility index (Phi) is 5.33. The monoisotopic (exact) mass is 342 g/mol. The van der Waals surface area contributed by atoms with Gasteiger partial charge in [-0.25, -0.2) is 9.97 Å². The molecule has 1 aromatic carbocycles. The Morgan fingerprint density at radius 1 is 1.12 bits per heavy atom. The van der Waals surface area contributed by atoms with Crippen LogP contribution in [0.1, 0.15) is 5.56 Å². The van der Waals surface area contributed by atoms with E-state index in [0.717, 1.165) is 5.56 Å². The van der Waals surface area contributed by atoms with E-state index in [-0.39, 0.29) is 12.5 Å². The summed E-state index contributed by atoms with van der Waals surface area (Å²) >= 11 is 0. The molecule has 2 aromatic rings. The Hall–Kier alpha value is -2.83. The third-order valence-corrected chi connectivity index (χ3v) is 4.14. The van der Waals surface area contributed by atoms with Gasteiger partial charge in [0.2, 0.25) is 5.95 Å². The van der Waals surface area contributed by atoms with Gasteiger partial charge in [-0.2, -0.15) is 0 Å². The summed E-state index contributed by atoms with van der Waals surface area (Å²) in [4.78, 5) is 24.8. The molecule has 132 valence electrons. The van der Waals surface area contributed by atoms with Gasteiger partial charge in [-0.3, -0.25) is 4.79 Å². The van der Waals surface area contributed by atoms with E-state index in [9.17, 15) is 4.79 Å². The third-order valence-electron chi connectivity index (χ3n) is 4.14. The van der Waals surface area contributed by atoms with Crippen LogP contribution in [-0.4, -0.2) is 60.7 Å². The van der Waals surface area contributed by atoms with E-state index in [1.54, 1.807) is 30.5 Å². The average molecular weight is 342 g/mol. The smallest absolute Gasteiger partial charge is 0.260 e. The van der Waals surface area contributed by atoms with Crippen molar-refractivity contribution >= 4 is 11.9 Å². The number of anilines is 1. The number of carbonyl (C=O) groups excluding carboxylic acids is 1. The number of aryl methyl sites for hydroxylation is 1. The number of hydrogen-bond donors (Lipinski definition) is 0. The van der Waals surface area contributed by atoms with Crippen molar-refractivity contribution in [3.05, 3.63) is 42.2 Å². The molecule has 1 saturated heterocycles. The van der Waals surface area contributed by atoms with Crippen LogP contribution >= 0.6 is 0 Å². The van der Waals surface area contributed by atoms with Gasteiger partial charge in [0.1, 0.15) is 0 Å². The summed E-state index contributed by atoms with van der Waals surface area (Å²) in [7, 11) is 1.59. The number of ether oxygens (including phenoxy) is 2. The second-order valence-corrected chi connectivity index (χ2v) is 5.86. The first-order valence-electron chi connectivity index (χ1n) is 8.24. The van der Waals surface area contributed by atoms with Gasteiger partial charge >= 0.3 is 0 Å². The molecule has 7 heteroatoms. The maximum atomic E-state index is 12.4. The molecule has 1 aliphatic rings. The number of methoxy groups -OCH3 is 1. The zero-order chi connectivity index (χ0) is 17.6. The van der Waals surface area contributed by atoms with Gasteiger partial charge in [0.05, 0.1) is 7.11 Å². The predicted molar refractivity (Wildman–Crippen MR) is 94.1 cm³/mol. The molecule has 0 aliphatic carbocycles. The van der Waals surface area contributed by atoms with Gasteiger partial charge < -0.3 is 19.3 Å². The van der Waals surface area contributed by atoms with Crippen molar-refractivity contribution in [2.45, 2.75) is 6.92 Å². The molecule has 1 aromatic heterocycles. The van der Waals surface area contributed by atoms with Crippen LogP contribution in [0, 0.1) is 6.92 Å². The topological polar surface area (TPSA) is 67.8 Å². The fourth-order valence-corrected chi connectivity index (χ4v) is 2.74. The zero-order valence-corrected chi connectivity index (χ0v) is 14.5. The molecule has 0 radical (unpaired) electrons. The Balaban J connectivity index is 1.52. The summed E-state index contributed by atoms with van der Waals surface area (Å²) in [5.41, 5.74) is 1.08. The number of nitrogens with zero attached hydrogens (tertiary/aromatic N) is 4. The highest BCUT2D eigenvalue weighted by molar-refractivity contribution is 5.78. The lowest BCUT2D eigenvalue weighted by molar-refractivity contribution is -0.133. The van der Waals surface area contributed by atoms with Gasteiger partial charge in [0, 0.05) is 38.6 Å². The summed E-state index contributed by atoms with van der Waals surface area (Å²) < 4.78 is 11.0. The van der Waals surface area contributed by atoms with Gasteiger partial charge in [-0.15, -0.1) is 0 Å².